The number of aromatic nitrogens is 4. The highest BCUT2D eigenvalue weighted by atomic mass is 16.8. The lowest BCUT2D eigenvalue weighted by atomic mass is 9.95. The van der Waals surface area contributed by atoms with Gasteiger partial charge < -0.3 is 24.3 Å². The molecule has 1 aliphatic rings. The van der Waals surface area contributed by atoms with Crippen molar-refractivity contribution in [1.29, 1.82) is 0 Å². The van der Waals surface area contributed by atoms with Crippen molar-refractivity contribution >= 4 is 72.0 Å². The average Bonchev–Trinajstić information content (AvgIpc) is 4.07. The van der Waals surface area contributed by atoms with Crippen molar-refractivity contribution < 1.29 is 14.4 Å². The summed E-state index contributed by atoms with van der Waals surface area (Å²) >= 11 is 0. The zero-order valence-corrected chi connectivity index (χ0v) is 37.8. The molecule has 0 amide bonds. The van der Waals surface area contributed by atoms with E-state index in [2.05, 4.69) is 256 Å². The molecule has 8 aromatic carbocycles. The van der Waals surface area contributed by atoms with E-state index in [1.54, 1.807) is 9.46 Å². The van der Waals surface area contributed by atoms with Gasteiger partial charge in [0.15, 0.2) is 6.29 Å². The first-order chi connectivity index (χ1) is 34.1. The third-order valence-electron chi connectivity index (χ3n) is 13.4. The first-order valence-electron chi connectivity index (χ1n) is 23.3. The number of nitrogens with one attached hydrogen (secondary N) is 1. The smallest absolute Gasteiger partial charge is 0.202 e. The molecule has 1 aliphatic heterocycles. The van der Waals surface area contributed by atoms with E-state index in [1.165, 1.54) is 27.5 Å². The second kappa shape index (κ2) is 16.6. The molecule has 0 radical (unpaired) electrons. The van der Waals surface area contributed by atoms with Crippen LogP contribution in [0.15, 0.2) is 231 Å². The minimum atomic E-state index is -0.401. The van der Waals surface area contributed by atoms with E-state index in [0.29, 0.717) is 6.67 Å². The van der Waals surface area contributed by atoms with Crippen LogP contribution in [-0.4, -0.2) is 15.8 Å². The summed E-state index contributed by atoms with van der Waals surface area (Å²) in [7, 11) is 0. The number of hydrogen-bond acceptors (Lipinski definition) is 4. The van der Waals surface area contributed by atoms with E-state index in [1.807, 2.05) is 18.5 Å². The third kappa shape index (κ3) is 6.92. The van der Waals surface area contributed by atoms with Crippen LogP contribution in [0.5, 0.6) is 0 Å². The largest absolute Gasteiger partial charge is 0.348 e. The molecule has 13 rings (SSSR count). The van der Waals surface area contributed by atoms with Gasteiger partial charge in [0.25, 0.3) is 0 Å². The number of benzene rings is 8. The fourth-order valence-electron chi connectivity index (χ4n) is 10.3. The molecule has 69 heavy (non-hydrogen) atoms. The molecule has 8 heteroatoms. The van der Waals surface area contributed by atoms with E-state index in [4.69, 9.17) is 4.94 Å². The molecule has 1 N–H and O–H groups in total. The summed E-state index contributed by atoms with van der Waals surface area (Å²) in [4.78, 5) is 11.4. The number of pyridine rings is 2. The molecule has 0 saturated carbocycles. The van der Waals surface area contributed by atoms with Gasteiger partial charge in [0, 0.05) is 44.3 Å². The summed E-state index contributed by atoms with van der Waals surface area (Å²) in [5.41, 5.74) is 15.2. The van der Waals surface area contributed by atoms with Crippen molar-refractivity contribution in [2.45, 2.75) is 13.2 Å². The Hall–Kier alpha value is -9.14. The van der Waals surface area contributed by atoms with Crippen LogP contribution in [0.3, 0.4) is 0 Å². The van der Waals surface area contributed by atoms with Gasteiger partial charge in [-0.05, 0) is 80.3 Å². The summed E-state index contributed by atoms with van der Waals surface area (Å²) in [5, 5.41) is 8.54. The van der Waals surface area contributed by atoms with Crippen molar-refractivity contribution in [3.05, 3.63) is 249 Å². The van der Waals surface area contributed by atoms with E-state index >= 15 is 0 Å². The van der Waals surface area contributed by atoms with Crippen molar-refractivity contribution in [3.63, 3.8) is 0 Å². The van der Waals surface area contributed by atoms with E-state index in [-0.39, 0.29) is 0 Å². The van der Waals surface area contributed by atoms with Crippen LogP contribution in [0.1, 0.15) is 11.9 Å². The normalized spacial score (nSPS) is 12.8. The number of anilines is 5. The molecule has 0 spiro atoms. The Bertz CT molecular complexity index is 3750. The van der Waals surface area contributed by atoms with Crippen molar-refractivity contribution in [3.8, 4) is 22.3 Å². The Kier molecular flexibility index (Phi) is 9.68. The van der Waals surface area contributed by atoms with Gasteiger partial charge in [0.1, 0.15) is 12.4 Å². The van der Waals surface area contributed by atoms with E-state index in [0.717, 1.165) is 72.4 Å². The quantitative estimate of drug-likeness (QED) is 0.110. The maximum absolute atomic E-state index is 6.67. The van der Waals surface area contributed by atoms with Gasteiger partial charge in [-0.25, -0.2) is 0 Å². The number of para-hydroxylation sites is 6. The molecule has 1 unspecified atom stereocenters. The molecule has 1 atom stereocenters. The van der Waals surface area contributed by atoms with E-state index in [9.17, 15) is 0 Å². The topological polar surface area (TPSA) is 45.4 Å². The van der Waals surface area contributed by atoms with Crippen LogP contribution in [0.2, 0.25) is 0 Å². The molecule has 0 bridgehead atoms. The number of hydrogen-bond donors (Lipinski definition) is 1. The number of fused-ring (bicyclic) bond motifs is 7. The molecule has 0 aliphatic carbocycles. The Morgan fingerprint density at radius 3 is 1.64 bits per heavy atom. The predicted octanol–water partition coefficient (Wildman–Crippen LogP) is 13.0. The molecule has 5 heterocycles. The van der Waals surface area contributed by atoms with Gasteiger partial charge in [-0.3, -0.25) is 0 Å². The van der Waals surface area contributed by atoms with Crippen molar-refractivity contribution in [2.75, 3.05) is 21.8 Å². The van der Waals surface area contributed by atoms with E-state index < -0.39 is 6.29 Å². The molecule has 0 fully saturated rings. The maximum atomic E-state index is 6.67. The summed E-state index contributed by atoms with van der Waals surface area (Å²) < 4.78 is 8.05. The SMILES string of the molecule is Cc1ccc(NC(n2c3[c-][n+](O[n+]4[c-]c(N5CN(c6c(-c7ccccc7)cccc6-c6ccccc6)c6ccccc65)ccc4)ccc3c3ccccc32)n2c3ccccc3c3ccccc32)cc1. The average molecular weight is 892 g/mol. The van der Waals surface area contributed by atoms with Gasteiger partial charge in [0.05, 0.1) is 34.8 Å². The van der Waals surface area contributed by atoms with Crippen molar-refractivity contribution in [2.24, 2.45) is 0 Å². The second-order valence-corrected chi connectivity index (χ2v) is 17.5. The third-order valence-corrected chi connectivity index (χ3v) is 13.4. The fourth-order valence-corrected chi connectivity index (χ4v) is 10.3. The van der Waals surface area contributed by atoms with Crippen molar-refractivity contribution in [1.82, 2.24) is 9.13 Å². The Morgan fingerprint density at radius 2 is 1.00 bits per heavy atom. The Morgan fingerprint density at radius 1 is 0.464 bits per heavy atom. The van der Waals surface area contributed by atoms with Crippen LogP contribution < -0.4 is 29.5 Å². The Labute approximate surface area is 399 Å². The summed E-state index contributed by atoms with van der Waals surface area (Å²) in [6.45, 7) is 2.68. The molecule has 0 saturated heterocycles. The lowest BCUT2D eigenvalue weighted by molar-refractivity contribution is -1.16. The van der Waals surface area contributed by atoms with Crippen LogP contribution in [0.4, 0.5) is 28.4 Å². The van der Waals surface area contributed by atoms with Crippen LogP contribution in [0, 0.1) is 19.3 Å². The lowest BCUT2D eigenvalue weighted by Crippen LogP contribution is -2.60. The molecule has 330 valence electrons. The molecule has 8 nitrogen and oxygen atoms in total. The zero-order chi connectivity index (χ0) is 45.8. The monoisotopic (exact) mass is 891 g/mol. The predicted molar refractivity (Wildman–Crippen MR) is 278 cm³/mol. The fraction of sp³-hybridized carbons (Fsp3) is 0.0492. The Balaban J connectivity index is 0.911. The van der Waals surface area contributed by atoms with Gasteiger partial charge in [-0.1, -0.05) is 175 Å². The highest BCUT2D eigenvalue weighted by molar-refractivity contribution is 6.10. The first-order valence-corrected chi connectivity index (χ1v) is 23.3. The number of rotatable bonds is 10. The van der Waals surface area contributed by atoms with Crippen LogP contribution in [-0.2, 0) is 0 Å². The summed E-state index contributed by atoms with van der Waals surface area (Å²) in [6, 6.07) is 77.3. The minimum Gasteiger partial charge on any atom is -0.348 e. The summed E-state index contributed by atoms with van der Waals surface area (Å²) in [5.74, 6) is 0. The number of nitrogens with zero attached hydrogens (tertiary/aromatic N) is 6. The lowest BCUT2D eigenvalue weighted by Gasteiger charge is -2.28. The molecule has 12 aromatic rings. The van der Waals surface area contributed by atoms with Gasteiger partial charge in [-0.2, -0.15) is 0 Å². The first kappa shape index (κ1) is 40.2. The molecular formula is C61H45N7O. The van der Waals surface area contributed by atoms with Crippen LogP contribution in [0.25, 0.3) is 65.9 Å². The molecular weight excluding hydrogens is 847 g/mol. The second-order valence-electron chi connectivity index (χ2n) is 17.5. The summed E-state index contributed by atoms with van der Waals surface area (Å²) in [6.07, 6.45) is 10.7. The highest BCUT2D eigenvalue weighted by Crippen LogP contribution is 2.50. The highest BCUT2D eigenvalue weighted by Gasteiger charge is 2.31. The zero-order valence-electron chi connectivity index (χ0n) is 37.8. The molecule has 4 aromatic heterocycles. The van der Waals surface area contributed by atoms with Crippen LogP contribution >= 0.6 is 0 Å². The number of aryl methyl sites for hydroxylation is 1. The van der Waals surface area contributed by atoms with Gasteiger partial charge in [-0.15, -0.1) is 12.1 Å². The standard InChI is InChI=1S/C61H45N7O/c1-43-33-35-46(36-34-43)62-61(67-54-28-11-8-23-50(54)51-24-9-12-29-55(51)67)68-56-30-13-10-25-52(56)53-37-39-64(41-59(53)68)69-63-38-17-22-47(40-63)65-42-66(58-32-15-14-31-57(58)65)60-48(44-18-4-2-5-19-44)26-16-27-49(60)45-20-6-3-7-21-45/h2-39,61-62H,42H2,1H3. The minimum absolute atomic E-state index is 0.401. The maximum Gasteiger partial charge on any atom is 0.202 e. The van der Waals surface area contributed by atoms with Gasteiger partial charge in [0.2, 0.25) is 12.4 Å². The van der Waals surface area contributed by atoms with Gasteiger partial charge >= 0.3 is 0 Å².